The molecule has 0 radical (unpaired) electrons. The summed E-state index contributed by atoms with van der Waals surface area (Å²) in [6.07, 6.45) is 0.693. The summed E-state index contributed by atoms with van der Waals surface area (Å²) in [4.78, 5) is 23.9. The Morgan fingerprint density at radius 2 is 2.00 bits per heavy atom. The summed E-state index contributed by atoms with van der Waals surface area (Å²) in [5, 5.41) is 2.64. The van der Waals surface area contributed by atoms with E-state index in [9.17, 15) is 18.0 Å². The second kappa shape index (κ2) is 9.19. The first kappa shape index (κ1) is 21.0. The fourth-order valence-electron chi connectivity index (χ4n) is 2.88. The number of esters is 1. The van der Waals surface area contributed by atoms with Crippen LogP contribution >= 0.6 is 11.6 Å². The molecular weight excluding hydrogens is 412 g/mol. The molecule has 2 heterocycles. The van der Waals surface area contributed by atoms with Gasteiger partial charge in [0.1, 0.15) is 0 Å². The van der Waals surface area contributed by atoms with Crippen LogP contribution in [-0.4, -0.2) is 70.2 Å². The Labute approximate surface area is 167 Å². The summed E-state index contributed by atoms with van der Waals surface area (Å²) in [6.45, 7) is 1.14. The summed E-state index contributed by atoms with van der Waals surface area (Å²) >= 11 is 6.07. The first-order chi connectivity index (χ1) is 13.4. The molecule has 9 nitrogen and oxygen atoms in total. The van der Waals surface area contributed by atoms with E-state index >= 15 is 0 Å². The number of rotatable bonds is 6. The highest BCUT2D eigenvalue weighted by atomic mass is 35.5. The zero-order valence-electron chi connectivity index (χ0n) is 15.1. The minimum atomic E-state index is -3.73. The highest BCUT2D eigenvalue weighted by Crippen LogP contribution is 2.27. The number of hydrogen-bond acceptors (Lipinski definition) is 7. The third-order valence-corrected chi connectivity index (χ3v) is 6.58. The Bertz CT molecular complexity index is 834. The van der Waals surface area contributed by atoms with Crippen LogP contribution in [0.1, 0.15) is 12.8 Å². The average Bonchev–Trinajstić information content (AvgIpc) is 3.23. The summed E-state index contributed by atoms with van der Waals surface area (Å²) in [6, 6.07) is 4.05. The normalized spacial score (nSPS) is 20.7. The van der Waals surface area contributed by atoms with E-state index in [4.69, 9.17) is 25.8 Å². The molecule has 0 bridgehead atoms. The van der Waals surface area contributed by atoms with Gasteiger partial charge < -0.3 is 19.5 Å². The average molecular weight is 433 g/mol. The van der Waals surface area contributed by atoms with Gasteiger partial charge >= 0.3 is 5.97 Å². The number of nitrogens with zero attached hydrogens (tertiary/aromatic N) is 1. The van der Waals surface area contributed by atoms with Crippen LogP contribution in [0.25, 0.3) is 0 Å². The Morgan fingerprint density at radius 3 is 2.68 bits per heavy atom. The van der Waals surface area contributed by atoms with Crippen LogP contribution in [0, 0.1) is 0 Å². The van der Waals surface area contributed by atoms with Crippen LogP contribution in [0.5, 0.6) is 0 Å². The van der Waals surface area contributed by atoms with Crippen molar-refractivity contribution < 1.29 is 32.2 Å². The number of nitrogens with one attached hydrogen (secondary N) is 1. The summed E-state index contributed by atoms with van der Waals surface area (Å²) in [7, 11) is -3.73. The molecule has 2 saturated heterocycles. The minimum absolute atomic E-state index is 0.00505. The molecule has 1 aromatic carbocycles. The van der Waals surface area contributed by atoms with Gasteiger partial charge in [-0.3, -0.25) is 4.79 Å². The Morgan fingerprint density at radius 1 is 1.25 bits per heavy atom. The van der Waals surface area contributed by atoms with Gasteiger partial charge in [0, 0.05) is 19.7 Å². The second-order valence-corrected chi connectivity index (χ2v) is 8.66. The molecule has 2 aliphatic heterocycles. The van der Waals surface area contributed by atoms with Crippen LogP contribution in [0.4, 0.5) is 5.69 Å². The lowest BCUT2D eigenvalue weighted by Gasteiger charge is -2.26. The second-order valence-electron chi connectivity index (χ2n) is 6.32. The quantitative estimate of drug-likeness (QED) is 0.668. The Balaban J connectivity index is 1.64. The lowest BCUT2D eigenvalue weighted by molar-refractivity contribution is -0.156. The van der Waals surface area contributed by atoms with Crippen LogP contribution in [0.2, 0.25) is 5.02 Å². The van der Waals surface area contributed by atoms with E-state index in [0.29, 0.717) is 26.2 Å². The molecule has 0 unspecified atom stereocenters. The maximum absolute atomic E-state index is 12.7. The highest BCUT2D eigenvalue weighted by molar-refractivity contribution is 7.89. The maximum Gasteiger partial charge on any atom is 0.335 e. The lowest BCUT2D eigenvalue weighted by atomic mass is 10.2. The molecule has 28 heavy (non-hydrogen) atoms. The molecule has 154 valence electrons. The molecule has 1 aromatic rings. The van der Waals surface area contributed by atoms with E-state index < -0.39 is 34.6 Å². The van der Waals surface area contributed by atoms with Gasteiger partial charge in [-0.25, -0.2) is 13.2 Å². The molecule has 11 heteroatoms. The van der Waals surface area contributed by atoms with Crippen molar-refractivity contribution in [1.82, 2.24) is 4.31 Å². The predicted molar refractivity (Wildman–Crippen MR) is 99.6 cm³/mol. The largest absolute Gasteiger partial charge is 0.454 e. The number of benzene rings is 1. The summed E-state index contributed by atoms with van der Waals surface area (Å²) in [5.41, 5.74) is 0.120. The molecule has 2 aliphatic rings. The monoisotopic (exact) mass is 432 g/mol. The summed E-state index contributed by atoms with van der Waals surface area (Å²) < 4.78 is 42.1. The predicted octanol–water partition coefficient (Wildman–Crippen LogP) is 1.02. The van der Waals surface area contributed by atoms with Gasteiger partial charge in [-0.1, -0.05) is 11.6 Å². The number of anilines is 1. The first-order valence-corrected chi connectivity index (χ1v) is 10.7. The molecule has 1 atom stereocenters. The van der Waals surface area contributed by atoms with Crippen molar-refractivity contribution >= 4 is 39.2 Å². The first-order valence-electron chi connectivity index (χ1n) is 8.83. The number of ether oxygens (including phenoxy) is 3. The van der Waals surface area contributed by atoms with Gasteiger partial charge in [-0.15, -0.1) is 0 Å². The van der Waals surface area contributed by atoms with E-state index in [-0.39, 0.29) is 28.7 Å². The maximum atomic E-state index is 12.7. The van der Waals surface area contributed by atoms with E-state index in [2.05, 4.69) is 5.32 Å². The molecule has 0 aliphatic carbocycles. The third-order valence-electron chi connectivity index (χ3n) is 4.36. The number of sulfonamides is 1. The Hall–Kier alpha value is -1.72. The van der Waals surface area contributed by atoms with Crippen LogP contribution in [0.15, 0.2) is 23.1 Å². The number of halogens is 1. The molecule has 1 N–H and O–H groups in total. The molecule has 2 fully saturated rings. The van der Waals surface area contributed by atoms with Crippen molar-refractivity contribution in [2.75, 3.05) is 44.8 Å². The number of carbonyl (C=O) groups is 2. The fraction of sp³-hybridized carbons (Fsp3) is 0.529. The third kappa shape index (κ3) is 5.00. The molecule has 0 aromatic heterocycles. The summed E-state index contributed by atoms with van der Waals surface area (Å²) in [5.74, 6) is -1.23. The van der Waals surface area contributed by atoms with Crippen LogP contribution < -0.4 is 5.32 Å². The lowest BCUT2D eigenvalue weighted by Crippen LogP contribution is -2.40. The zero-order chi connectivity index (χ0) is 20.1. The van der Waals surface area contributed by atoms with Crippen molar-refractivity contribution in [3.63, 3.8) is 0 Å². The van der Waals surface area contributed by atoms with Crippen LogP contribution in [0.3, 0.4) is 0 Å². The smallest absolute Gasteiger partial charge is 0.335 e. The van der Waals surface area contributed by atoms with Crippen LogP contribution in [-0.2, 0) is 33.8 Å². The fourth-order valence-corrected chi connectivity index (χ4v) is 4.48. The van der Waals surface area contributed by atoms with E-state index in [1.165, 1.54) is 22.5 Å². The van der Waals surface area contributed by atoms with Gasteiger partial charge in [-0.05, 0) is 31.0 Å². The van der Waals surface area contributed by atoms with Gasteiger partial charge in [-0.2, -0.15) is 4.31 Å². The van der Waals surface area contributed by atoms with E-state index in [0.717, 1.165) is 6.42 Å². The van der Waals surface area contributed by atoms with Gasteiger partial charge in [0.25, 0.3) is 5.91 Å². The van der Waals surface area contributed by atoms with Gasteiger partial charge in [0.15, 0.2) is 12.7 Å². The highest BCUT2D eigenvalue weighted by Gasteiger charge is 2.28. The van der Waals surface area contributed by atoms with Crippen molar-refractivity contribution in [3.05, 3.63) is 23.2 Å². The molecule has 1 amide bonds. The number of morpholine rings is 1. The minimum Gasteiger partial charge on any atom is -0.454 e. The van der Waals surface area contributed by atoms with Crippen molar-refractivity contribution in [2.24, 2.45) is 0 Å². The number of hydrogen-bond donors (Lipinski definition) is 1. The van der Waals surface area contributed by atoms with Crippen molar-refractivity contribution in [2.45, 2.75) is 23.8 Å². The van der Waals surface area contributed by atoms with E-state index in [1.807, 2.05) is 0 Å². The van der Waals surface area contributed by atoms with Crippen molar-refractivity contribution in [1.29, 1.82) is 0 Å². The molecule has 0 saturated carbocycles. The molecule has 0 spiro atoms. The van der Waals surface area contributed by atoms with E-state index in [1.54, 1.807) is 0 Å². The number of carbonyl (C=O) groups excluding carboxylic acids is 2. The Kier molecular flexibility index (Phi) is 6.89. The standard InChI is InChI=1S/C17H21ClN2O7S/c18-13-4-3-12(28(23,24)20-5-8-25-9-6-20)10-14(13)19-16(21)11-27-17(22)15-2-1-7-26-15/h3-4,10,15H,1-2,5-9,11H2,(H,19,21)/t15-/m0/s1. The van der Waals surface area contributed by atoms with Gasteiger partial charge in [0.05, 0.1) is 28.8 Å². The molecule has 3 rings (SSSR count). The number of amides is 1. The topological polar surface area (TPSA) is 111 Å². The molecular formula is C17H21ClN2O7S. The van der Waals surface area contributed by atoms with Gasteiger partial charge in [0.2, 0.25) is 10.0 Å². The SMILES string of the molecule is O=C(COC(=O)[C@@H]1CCCO1)Nc1cc(S(=O)(=O)N2CCOCC2)ccc1Cl. The zero-order valence-corrected chi connectivity index (χ0v) is 16.6. The van der Waals surface area contributed by atoms with Crippen molar-refractivity contribution in [3.8, 4) is 0 Å².